The van der Waals surface area contributed by atoms with Gasteiger partial charge >= 0.3 is 6.18 Å². The van der Waals surface area contributed by atoms with Crippen LogP contribution in [0.15, 0.2) is 22.9 Å². The van der Waals surface area contributed by atoms with Crippen LogP contribution < -0.4 is 0 Å². The minimum atomic E-state index is -5.03. The molecular weight excluding hydrogens is 269 g/mol. The van der Waals surface area contributed by atoms with Gasteiger partial charge in [0.05, 0.1) is 10.6 Å². The Balaban J connectivity index is 2.84. The van der Waals surface area contributed by atoms with Gasteiger partial charge in [-0.05, 0) is 18.9 Å². The number of rotatable bonds is 3. The molecule has 1 heterocycles. The summed E-state index contributed by atoms with van der Waals surface area (Å²) in [7, 11) is 0. The number of alkyl halides is 3. The van der Waals surface area contributed by atoms with Crippen molar-refractivity contribution in [3.8, 4) is 6.07 Å². The van der Waals surface area contributed by atoms with E-state index in [2.05, 4.69) is 0 Å². The van der Waals surface area contributed by atoms with Crippen LogP contribution in [0.3, 0.4) is 0 Å². The van der Waals surface area contributed by atoms with Gasteiger partial charge in [0.2, 0.25) is 0 Å². The van der Waals surface area contributed by atoms with E-state index in [0.29, 0.717) is 0 Å². The number of nitriles is 1. The number of carbonyl (C=O) groups excluding carboxylic acids is 1. The lowest BCUT2D eigenvalue weighted by molar-refractivity contribution is -0.165. The highest BCUT2D eigenvalue weighted by atomic mass is 35.5. The molecule has 1 aliphatic heterocycles. The van der Waals surface area contributed by atoms with Crippen LogP contribution in [0, 0.1) is 11.3 Å². The topological polar surface area (TPSA) is 44.1 Å². The summed E-state index contributed by atoms with van der Waals surface area (Å²) in [4.78, 5) is 12.6. The van der Waals surface area contributed by atoms with Gasteiger partial charge in [0, 0.05) is 19.3 Å². The van der Waals surface area contributed by atoms with Crippen LogP contribution >= 0.6 is 11.6 Å². The average Bonchev–Trinajstić information content (AvgIpc) is 2.78. The maximum atomic E-state index is 12.1. The second-order valence-electron chi connectivity index (χ2n) is 3.76. The molecule has 0 radical (unpaired) electrons. The largest absolute Gasteiger partial charge is 0.455 e. The van der Waals surface area contributed by atoms with E-state index in [0.717, 1.165) is 32.0 Å². The molecule has 0 spiro atoms. The summed E-state index contributed by atoms with van der Waals surface area (Å²) >= 11 is 5.26. The van der Waals surface area contributed by atoms with Crippen molar-refractivity contribution in [3.63, 3.8) is 0 Å². The predicted octanol–water partition coefficient (Wildman–Crippen LogP) is 2.74. The first-order valence-corrected chi connectivity index (χ1v) is 5.57. The van der Waals surface area contributed by atoms with Crippen LogP contribution in [0.25, 0.3) is 0 Å². The molecular formula is C11H10ClF3N2O. The number of allylic oxidation sites excluding steroid dienone is 3. The quantitative estimate of drug-likeness (QED) is 0.453. The normalized spacial score (nSPS) is 17.8. The Morgan fingerprint density at radius 1 is 1.33 bits per heavy atom. The lowest BCUT2D eigenvalue weighted by atomic mass is 10.2. The van der Waals surface area contributed by atoms with Crippen molar-refractivity contribution in [2.45, 2.75) is 19.0 Å². The van der Waals surface area contributed by atoms with Crippen LogP contribution in [0.1, 0.15) is 12.8 Å². The first-order valence-electron chi connectivity index (χ1n) is 5.19. The molecule has 7 heteroatoms. The fourth-order valence-electron chi connectivity index (χ4n) is 1.50. The highest BCUT2D eigenvalue weighted by molar-refractivity contribution is 6.43. The summed E-state index contributed by atoms with van der Waals surface area (Å²) in [5.41, 5.74) is -0.0699. The van der Waals surface area contributed by atoms with E-state index in [1.54, 1.807) is 11.0 Å². The minimum Gasteiger partial charge on any atom is -0.376 e. The minimum absolute atomic E-state index is 0.0699. The van der Waals surface area contributed by atoms with E-state index in [-0.39, 0.29) is 5.57 Å². The summed E-state index contributed by atoms with van der Waals surface area (Å²) in [6, 6.07) is 1.71. The van der Waals surface area contributed by atoms with Gasteiger partial charge in [-0.2, -0.15) is 18.4 Å². The van der Waals surface area contributed by atoms with Gasteiger partial charge in [0.1, 0.15) is 6.07 Å². The van der Waals surface area contributed by atoms with Crippen molar-refractivity contribution in [2.24, 2.45) is 0 Å². The Labute approximate surface area is 107 Å². The van der Waals surface area contributed by atoms with Gasteiger partial charge < -0.3 is 4.90 Å². The highest BCUT2D eigenvalue weighted by Crippen LogP contribution is 2.23. The Kier molecular flexibility index (Phi) is 4.79. The Hall–Kier alpha value is -1.48. The van der Waals surface area contributed by atoms with E-state index in [4.69, 9.17) is 16.9 Å². The van der Waals surface area contributed by atoms with E-state index >= 15 is 0 Å². The van der Waals surface area contributed by atoms with Crippen molar-refractivity contribution in [1.29, 1.82) is 5.26 Å². The molecule has 0 amide bonds. The van der Waals surface area contributed by atoms with Crippen LogP contribution in [0.4, 0.5) is 13.2 Å². The fourth-order valence-corrected chi connectivity index (χ4v) is 1.73. The first kappa shape index (κ1) is 14.6. The van der Waals surface area contributed by atoms with Gasteiger partial charge in [-0.1, -0.05) is 11.6 Å². The third-order valence-corrected chi connectivity index (χ3v) is 2.63. The molecule has 1 rings (SSSR count). The Morgan fingerprint density at radius 3 is 2.33 bits per heavy atom. The third kappa shape index (κ3) is 4.08. The molecule has 0 aromatic heterocycles. The number of hydrogen-bond donors (Lipinski definition) is 0. The molecule has 18 heavy (non-hydrogen) atoms. The summed E-state index contributed by atoms with van der Waals surface area (Å²) in [6.07, 6.45) is -0.932. The van der Waals surface area contributed by atoms with Crippen LogP contribution in [0.2, 0.25) is 0 Å². The van der Waals surface area contributed by atoms with Gasteiger partial charge in [0.25, 0.3) is 5.78 Å². The molecule has 1 saturated heterocycles. The molecule has 1 aliphatic rings. The molecule has 0 atom stereocenters. The number of nitrogens with zero attached hydrogens (tertiary/aromatic N) is 2. The fraction of sp³-hybridized carbons (Fsp3) is 0.455. The number of carbonyl (C=O) groups is 1. The second kappa shape index (κ2) is 5.91. The van der Waals surface area contributed by atoms with Crippen LogP contribution in [-0.4, -0.2) is 29.9 Å². The van der Waals surface area contributed by atoms with Crippen LogP contribution in [-0.2, 0) is 4.79 Å². The predicted molar refractivity (Wildman–Crippen MR) is 59.5 cm³/mol. The van der Waals surface area contributed by atoms with Crippen molar-refractivity contribution in [3.05, 3.63) is 22.9 Å². The lowest BCUT2D eigenvalue weighted by Gasteiger charge is -2.10. The van der Waals surface area contributed by atoms with Crippen molar-refractivity contribution in [1.82, 2.24) is 4.90 Å². The summed E-state index contributed by atoms with van der Waals surface area (Å²) in [5.74, 6) is -2.15. The summed E-state index contributed by atoms with van der Waals surface area (Å²) in [5, 5.41) is 7.77. The molecule has 3 nitrogen and oxygen atoms in total. The third-order valence-electron chi connectivity index (χ3n) is 2.35. The van der Waals surface area contributed by atoms with Gasteiger partial charge in [0.15, 0.2) is 0 Å². The number of Topliss-reactive ketones (excluding diaryl/α,β-unsaturated/α-hetero) is 1. The number of hydrogen-bond acceptors (Lipinski definition) is 3. The monoisotopic (exact) mass is 278 g/mol. The molecule has 0 N–H and O–H groups in total. The Bertz CT molecular complexity index is 429. The van der Waals surface area contributed by atoms with E-state index in [1.165, 1.54) is 6.20 Å². The average molecular weight is 279 g/mol. The molecule has 98 valence electrons. The maximum Gasteiger partial charge on any atom is 0.455 e. The van der Waals surface area contributed by atoms with E-state index in [1.807, 2.05) is 0 Å². The first-order chi connectivity index (χ1) is 8.34. The van der Waals surface area contributed by atoms with E-state index in [9.17, 15) is 18.0 Å². The Morgan fingerprint density at radius 2 is 1.89 bits per heavy atom. The maximum absolute atomic E-state index is 12.1. The lowest BCUT2D eigenvalue weighted by Crippen LogP contribution is -2.22. The van der Waals surface area contributed by atoms with Crippen molar-refractivity contribution >= 4 is 17.4 Å². The number of ketones is 1. The molecule has 1 fully saturated rings. The zero-order valence-electron chi connectivity index (χ0n) is 9.30. The van der Waals surface area contributed by atoms with Crippen LogP contribution in [0.5, 0.6) is 0 Å². The number of likely N-dealkylation sites (tertiary alicyclic amines) is 1. The molecule has 0 bridgehead atoms. The zero-order chi connectivity index (χ0) is 13.8. The molecule has 0 unspecified atom stereocenters. The molecule has 0 aliphatic carbocycles. The van der Waals surface area contributed by atoms with Crippen molar-refractivity contribution < 1.29 is 18.0 Å². The van der Waals surface area contributed by atoms with E-state index < -0.39 is 17.0 Å². The van der Waals surface area contributed by atoms with Gasteiger partial charge in [-0.25, -0.2) is 0 Å². The zero-order valence-corrected chi connectivity index (χ0v) is 10.1. The summed E-state index contributed by atoms with van der Waals surface area (Å²) < 4.78 is 36.2. The summed E-state index contributed by atoms with van der Waals surface area (Å²) in [6.45, 7) is 1.48. The van der Waals surface area contributed by atoms with Gasteiger partial charge in [-0.3, -0.25) is 4.79 Å². The molecule has 0 aromatic carbocycles. The number of halogens is 4. The highest BCUT2D eigenvalue weighted by Gasteiger charge is 2.40. The smallest absolute Gasteiger partial charge is 0.376 e. The second-order valence-corrected chi connectivity index (χ2v) is 4.17. The molecule has 0 aromatic rings. The standard InChI is InChI=1S/C11H10ClF3N2O/c12-9(10(18)11(13,14)15)5-8(6-16)7-17-3-1-2-4-17/h5,7H,1-4H2. The van der Waals surface area contributed by atoms with Gasteiger partial charge in [-0.15, -0.1) is 0 Å². The van der Waals surface area contributed by atoms with Crippen molar-refractivity contribution in [2.75, 3.05) is 13.1 Å². The molecule has 0 saturated carbocycles. The SMILES string of the molecule is N#CC(=CN1CCCC1)C=C(Cl)C(=O)C(F)(F)F.